The number of carbonyl (C=O) groups is 1. The molecule has 0 spiro atoms. The number of hydrogen-bond donors (Lipinski definition) is 1. The SMILES string of the molecule is NC1=NC(=O)SC1=Cc1ccc(-c2cc(Cl)cc(Cl)c2)o1. The maximum Gasteiger partial charge on any atom is 0.311 e. The normalized spacial score (nSPS) is 16.6. The van der Waals surface area contributed by atoms with Gasteiger partial charge in [0.15, 0.2) is 0 Å². The van der Waals surface area contributed by atoms with Crippen LogP contribution in [0.25, 0.3) is 17.4 Å². The monoisotopic (exact) mass is 338 g/mol. The van der Waals surface area contributed by atoms with Crippen molar-refractivity contribution in [2.24, 2.45) is 10.7 Å². The number of nitrogens with two attached hydrogens (primary N) is 1. The van der Waals surface area contributed by atoms with Gasteiger partial charge >= 0.3 is 5.24 Å². The maximum atomic E-state index is 11.2. The Morgan fingerprint density at radius 3 is 2.52 bits per heavy atom. The Kier molecular flexibility index (Phi) is 3.80. The molecule has 1 aliphatic heterocycles. The molecule has 0 fully saturated rings. The molecule has 106 valence electrons. The fraction of sp³-hybridized carbons (Fsp3) is 0. The first kappa shape index (κ1) is 14.3. The number of rotatable bonds is 2. The highest BCUT2D eigenvalue weighted by Gasteiger charge is 2.19. The molecule has 1 amide bonds. The first-order valence-electron chi connectivity index (χ1n) is 5.85. The lowest BCUT2D eigenvalue weighted by molar-refractivity contribution is 0.268. The second kappa shape index (κ2) is 5.60. The van der Waals surface area contributed by atoms with Gasteiger partial charge in [0.05, 0.1) is 4.91 Å². The Morgan fingerprint density at radius 1 is 1.19 bits per heavy atom. The van der Waals surface area contributed by atoms with E-state index in [0.717, 1.165) is 17.3 Å². The van der Waals surface area contributed by atoms with Crippen LogP contribution in [0.3, 0.4) is 0 Å². The molecule has 0 aliphatic carbocycles. The number of amides is 1. The first-order chi connectivity index (χ1) is 10.0. The topological polar surface area (TPSA) is 68.6 Å². The molecule has 0 radical (unpaired) electrons. The molecule has 4 nitrogen and oxygen atoms in total. The zero-order valence-electron chi connectivity index (χ0n) is 10.5. The van der Waals surface area contributed by atoms with Gasteiger partial charge in [0.2, 0.25) is 0 Å². The Labute approximate surface area is 134 Å². The van der Waals surface area contributed by atoms with E-state index < -0.39 is 0 Å². The summed E-state index contributed by atoms with van der Waals surface area (Å²) in [5.41, 5.74) is 6.41. The fourth-order valence-corrected chi connectivity index (χ4v) is 3.02. The van der Waals surface area contributed by atoms with Crippen LogP contribution in [-0.4, -0.2) is 11.1 Å². The minimum absolute atomic E-state index is 0.203. The van der Waals surface area contributed by atoms with Crippen LogP contribution < -0.4 is 5.73 Å². The molecule has 0 saturated heterocycles. The Bertz CT molecular complexity index is 776. The first-order valence-corrected chi connectivity index (χ1v) is 7.43. The molecule has 21 heavy (non-hydrogen) atoms. The van der Waals surface area contributed by atoms with Crippen LogP contribution in [0.15, 0.2) is 44.6 Å². The summed E-state index contributed by atoms with van der Waals surface area (Å²) >= 11 is 12.9. The van der Waals surface area contributed by atoms with Gasteiger partial charge in [-0.05, 0) is 48.2 Å². The van der Waals surface area contributed by atoms with E-state index in [1.165, 1.54) is 0 Å². The van der Waals surface area contributed by atoms with E-state index in [-0.39, 0.29) is 11.1 Å². The van der Waals surface area contributed by atoms with E-state index in [9.17, 15) is 4.79 Å². The number of benzene rings is 1. The zero-order chi connectivity index (χ0) is 15.0. The van der Waals surface area contributed by atoms with Gasteiger partial charge in [0.1, 0.15) is 17.4 Å². The molecule has 0 bridgehead atoms. The summed E-state index contributed by atoms with van der Waals surface area (Å²) in [7, 11) is 0. The summed E-state index contributed by atoms with van der Waals surface area (Å²) in [5.74, 6) is 1.39. The molecule has 1 aromatic carbocycles. The molecule has 0 unspecified atom stereocenters. The number of halogens is 2. The second-order valence-electron chi connectivity index (χ2n) is 4.23. The molecule has 7 heteroatoms. The van der Waals surface area contributed by atoms with E-state index in [4.69, 9.17) is 33.4 Å². The molecular formula is C14H8Cl2N2O2S. The quantitative estimate of drug-likeness (QED) is 0.852. The van der Waals surface area contributed by atoms with Gasteiger partial charge in [0.25, 0.3) is 0 Å². The summed E-state index contributed by atoms with van der Waals surface area (Å²) in [6.45, 7) is 0. The third-order valence-corrected chi connectivity index (χ3v) is 3.96. The summed E-state index contributed by atoms with van der Waals surface area (Å²) < 4.78 is 5.70. The van der Waals surface area contributed by atoms with E-state index in [0.29, 0.717) is 26.5 Å². The molecule has 1 aliphatic rings. The lowest BCUT2D eigenvalue weighted by Crippen LogP contribution is -2.08. The van der Waals surface area contributed by atoms with Crippen molar-refractivity contribution >= 4 is 52.1 Å². The van der Waals surface area contributed by atoms with Gasteiger partial charge in [-0.25, -0.2) is 0 Å². The third kappa shape index (κ3) is 3.15. The lowest BCUT2D eigenvalue weighted by Gasteiger charge is -1.99. The van der Waals surface area contributed by atoms with Crippen molar-refractivity contribution < 1.29 is 9.21 Å². The van der Waals surface area contributed by atoms with Gasteiger partial charge in [-0.3, -0.25) is 4.79 Å². The van der Waals surface area contributed by atoms with Crippen LogP contribution in [0, 0.1) is 0 Å². The molecule has 2 aromatic rings. The van der Waals surface area contributed by atoms with E-state index in [2.05, 4.69) is 4.99 Å². The van der Waals surface area contributed by atoms with Gasteiger partial charge in [0, 0.05) is 15.6 Å². The summed E-state index contributed by atoms with van der Waals surface area (Å²) in [6.07, 6.45) is 1.67. The molecule has 2 heterocycles. The predicted octanol–water partition coefficient (Wildman–Crippen LogP) is 4.82. The van der Waals surface area contributed by atoms with Crippen molar-refractivity contribution in [2.45, 2.75) is 0 Å². The van der Waals surface area contributed by atoms with Crippen molar-refractivity contribution in [1.82, 2.24) is 0 Å². The zero-order valence-corrected chi connectivity index (χ0v) is 12.8. The van der Waals surface area contributed by atoms with Crippen molar-refractivity contribution in [3.8, 4) is 11.3 Å². The molecule has 3 rings (SSSR count). The van der Waals surface area contributed by atoms with Gasteiger partial charge in [-0.15, -0.1) is 0 Å². The Morgan fingerprint density at radius 2 is 1.90 bits per heavy atom. The van der Waals surface area contributed by atoms with Gasteiger partial charge in [-0.1, -0.05) is 23.2 Å². The minimum atomic E-state index is -0.327. The number of hydrogen-bond acceptors (Lipinski definition) is 4. The fourth-order valence-electron chi connectivity index (χ4n) is 1.84. The van der Waals surface area contributed by atoms with Gasteiger partial charge < -0.3 is 10.2 Å². The van der Waals surface area contributed by atoms with E-state index >= 15 is 0 Å². The average Bonchev–Trinajstić information content (AvgIpc) is 2.96. The summed E-state index contributed by atoms with van der Waals surface area (Å²) in [4.78, 5) is 15.4. The number of thioether (sulfide) groups is 1. The van der Waals surface area contributed by atoms with Gasteiger partial charge in [-0.2, -0.15) is 4.99 Å². The predicted molar refractivity (Wildman–Crippen MR) is 86.8 cm³/mol. The molecule has 0 saturated carbocycles. The molecular weight excluding hydrogens is 331 g/mol. The highest BCUT2D eigenvalue weighted by Crippen LogP contribution is 2.31. The molecule has 2 N–H and O–H groups in total. The molecule has 0 atom stereocenters. The van der Waals surface area contributed by atoms with Crippen molar-refractivity contribution in [1.29, 1.82) is 0 Å². The smallest absolute Gasteiger partial charge is 0.311 e. The second-order valence-corrected chi connectivity index (χ2v) is 6.10. The van der Waals surface area contributed by atoms with Crippen LogP contribution in [0.2, 0.25) is 10.0 Å². The van der Waals surface area contributed by atoms with Crippen LogP contribution in [0.5, 0.6) is 0 Å². The largest absolute Gasteiger partial charge is 0.457 e. The average molecular weight is 339 g/mol. The Balaban J connectivity index is 1.92. The standard InChI is InChI=1S/C14H8Cl2N2O2S/c15-8-3-7(4-9(16)5-8)11-2-1-10(20-11)6-12-13(17)18-14(19)21-12/h1-6H,(H2,17,18,19). The van der Waals surface area contributed by atoms with Crippen LogP contribution in [-0.2, 0) is 0 Å². The number of carbonyl (C=O) groups excluding carboxylic acids is 1. The van der Waals surface area contributed by atoms with Crippen LogP contribution in [0.4, 0.5) is 4.79 Å². The van der Waals surface area contributed by atoms with E-state index in [1.807, 2.05) is 0 Å². The Hall–Kier alpha value is -1.69. The summed E-state index contributed by atoms with van der Waals surface area (Å²) in [6, 6.07) is 8.73. The highest BCUT2D eigenvalue weighted by atomic mass is 35.5. The molecule has 1 aromatic heterocycles. The highest BCUT2D eigenvalue weighted by molar-refractivity contribution is 8.18. The number of amidine groups is 1. The van der Waals surface area contributed by atoms with E-state index in [1.54, 1.807) is 36.4 Å². The van der Waals surface area contributed by atoms with Crippen molar-refractivity contribution in [3.05, 3.63) is 51.0 Å². The maximum absolute atomic E-state index is 11.2. The van der Waals surface area contributed by atoms with Crippen molar-refractivity contribution in [3.63, 3.8) is 0 Å². The van der Waals surface area contributed by atoms with Crippen LogP contribution >= 0.6 is 35.0 Å². The summed E-state index contributed by atoms with van der Waals surface area (Å²) in [5, 5.41) is 0.733. The lowest BCUT2D eigenvalue weighted by atomic mass is 10.2. The number of aliphatic imine (C=N–C) groups is 1. The third-order valence-electron chi connectivity index (χ3n) is 2.71. The number of nitrogens with zero attached hydrogens (tertiary/aromatic N) is 1. The minimum Gasteiger partial charge on any atom is -0.457 e. The van der Waals surface area contributed by atoms with Crippen molar-refractivity contribution in [2.75, 3.05) is 0 Å². The van der Waals surface area contributed by atoms with Crippen LogP contribution in [0.1, 0.15) is 5.76 Å². The number of furan rings is 1.